The molecular formula is C13H21NO2. The number of pyridine rings is 1. The van der Waals surface area contributed by atoms with Crippen LogP contribution < -0.4 is 0 Å². The van der Waals surface area contributed by atoms with Gasteiger partial charge in [0.1, 0.15) is 0 Å². The van der Waals surface area contributed by atoms with Crippen LogP contribution in [0.4, 0.5) is 0 Å². The first kappa shape index (κ1) is 13.1. The molecule has 1 aromatic heterocycles. The fraction of sp³-hybridized carbons (Fsp3) is 0.615. The molecular weight excluding hydrogens is 202 g/mol. The Kier molecular flexibility index (Phi) is 6.04. The molecule has 1 aromatic rings. The molecule has 0 aliphatic carbocycles. The number of hydrogen-bond acceptors (Lipinski definition) is 3. The zero-order valence-corrected chi connectivity index (χ0v) is 9.95. The minimum absolute atomic E-state index is 0.0597. The Labute approximate surface area is 97.2 Å². The van der Waals surface area contributed by atoms with E-state index in [1.807, 2.05) is 12.1 Å². The summed E-state index contributed by atoms with van der Waals surface area (Å²) in [7, 11) is 0. The van der Waals surface area contributed by atoms with Gasteiger partial charge in [-0.05, 0) is 30.5 Å². The van der Waals surface area contributed by atoms with Crippen LogP contribution in [-0.4, -0.2) is 15.2 Å². The van der Waals surface area contributed by atoms with Gasteiger partial charge in [-0.25, -0.2) is 0 Å². The molecule has 0 saturated heterocycles. The van der Waals surface area contributed by atoms with Crippen molar-refractivity contribution in [3.05, 3.63) is 29.1 Å². The summed E-state index contributed by atoms with van der Waals surface area (Å²) in [5.41, 5.74) is 2.47. The van der Waals surface area contributed by atoms with Crippen LogP contribution in [0.15, 0.2) is 12.1 Å². The van der Waals surface area contributed by atoms with Gasteiger partial charge < -0.3 is 10.2 Å². The molecule has 0 aromatic carbocycles. The van der Waals surface area contributed by atoms with Crippen LogP contribution in [0.5, 0.6) is 0 Å². The van der Waals surface area contributed by atoms with E-state index in [1.54, 1.807) is 0 Å². The van der Waals surface area contributed by atoms with Crippen LogP contribution in [0.3, 0.4) is 0 Å². The van der Waals surface area contributed by atoms with Gasteiger partial charge in [-0.15, -0.1) is 0 Å². The van der Waals surface area contributed by atoms with E-state index in [4.69, 9.17) is 10.2 Å². The molecule has 0 unspecified atom stereocenters. The highest BCUT2D eigenvalue weighted by Gasteiger charge is 2.01. The lowest BCUT2D eigenvalue weighted by Crippen LogP contribution is -1.99. The Morgan fingerprint density at radius 2 is 1.62 bits per heavy atom. The molecule has 0 saturated carbocycles. The van der Waals surface area contributed by atoms with Crippen LogP contribution in [0.1, 0.15) is 49.6 Å². The second-order valence-electron chi connectivity index (χ2n) is 4.08. The number of hydrogen-bond donors (Lipinski definition) is 2. The molecule has 0 aliphatic heterocycles. The lowest BCUT2D eigenvalue weighted by atomic mass is 10.1. The molecule has 0 amide bonds. The second kappa shape index (κ2) is 7.36. The summed E-state index contributed by atoms with van der Waals surface area (Å²) in [6.45, 7) is 2.08. The highest BCUT2D eigenvalue weighted by Crippen LogP contribution is 2.11. The van der Waals surface area contributed by atoms with Crippen LogP contribution in [0.25, 0.3) is 0 Å². The number of aromatic nitrogens is 1. The quantitative estimate of drug-likeness (QED) is 0.697. The summed E-state index contributed by atoms with van der Waals surface area (Å²) >= 11 is 0. The maximum Gasteiger partial charge on any atom is 0.0853 e. The highest BCUT2D eigenvalue weighted by atomic mass is 16.3. The molecule has 3 heteroatoms. The highest BCUT2D eigenvalue weighted by molar-refractivity contribution is 5.21. The van der Waals surface area contributed by atoms with Gasteiger partial charge in [-0.1, -0.05) is 26.2 Å². The van der Waals surface area contributed by atoms with Crippen molar-refractivity contribution in [1.29, 1.82) is 0 Å². The molecule has 0 radical (unpaired) electrons. The van der Waals surface area contributed by atoms with Crippen molar-refractivity contribution in [3.8, 4) is 0 Å². The monoisotopic (exact) mass is 223 g/mol. The Hall–Kier alpha value is -0.930. The van der Waals surface area contributed by atoms with Crippen molar-refractivity contribution in [2.24, 2.45) is 0 Å². The number of unbranched alkanes of at least 4 members (excludes halogenated alkanes) is 3. The van der Waals surface area contributed by atoms with Crippen molar-refractivity contribution in [3.63, 3.8) is 0 Å². The van der Waals surface area contributed by atoms with E-state index in [1.165, 1.54) is 24.8 Å². The van der Waals surface area contributed by atoms with E-state index >= 15 is 0 Å². The van der Waals surface area contributed by atoms with E-state index in [0.717, 1.165) is 12.8 Å². The van der Waals surface area contributed by atoms with Crippen molar-refractivity contribution in [1.82, 2.24) is 4.98 Å². The smallest absolute Gasteiger partial charge is 0.0853 e. The summed E-state index contributed by atoms with van der Waals surface area (Å²) in [5, 5.41) is 18.1. The Bertz CT molecular complexity index is 291. The summed E-state index contributed by atoms with van der Waals surface area (Å²) in [4.78, 5) is 4.11. The average molecular weight is 223 g/mol. The molecule has 0 aliphatic rings. The van der Waals surface area contributed by atoms with Gasteiger partial charge in [0, 0.05) is 0 Å². The van der Waals surface area contributed by atoms with E-state index in [2.05, 4.69) is 11.9 Å². The van der Waals surface area contributed by atoms with E-state index in [0.29, 0.717) is 11.4 Å². The predicted octanol–water partition coefficient (Wildman–Crippen LogP) is 2.19. The largest absolute Gasteiger partial charge is 0.390 e. The molecule has 0 spiro atoms. The van der Waals surface area contributed by atoms with Crippen LogP contribution in [0, 0.1) is 0 Å². The number of aliphatic hydroxyl groups is 2. The van der Waals surface area contributed by atoms with Gasteiger partial charge in [0.15, 0.2) is 0 Å². The van der Waals surface area contributed by atoms with Crippen LogP contribution in [-0.2, 0) is 19.6 Å². The third kappa shape index (κ3) is 4.29. The van der Waals surface area contributed by atoms with Gasteiger partial charge in [0.05, 0.1) is 24.6 Å². The molecule has 1 rings (SSSR count). The van der Waals surface area contributed by atoms with Crippen LogP contribution in [0.2, 0.25) is 0 Å². The molecule has 2 N–H and O–H groups in total. The number of aliphatic hydroxyl groups excluding tert-OH is 2. The molecule has 0 atom stereocenters. The lowest BCUT2D eigenvalue weighted by molar-refractivity contribution is 0.265. The zero-order valence-electron chi connectivity index (χ0n) is 9.95. The minimum Gasteiger partial charge on any atom is -0.390 e. The summed E-state index contributed by atoms with van der Waals surface area (Å²) in [6.07, 6.45) is 5.91. The minimum atomic E-state index is -0.0597. The first-order valence-corrected chi connectivity index (χ1v) is 6.00. The van der Waals surface area contributed by atoms with Gasteiger partial charge in [-0.3, -0.25) is 4.98 Å². The van der Waals surface area contributed by atoms with E-state index < -0.39 is 0 Å². The summed E-state index contributed by atoms with van der Waals surface area (Å²) in [5.74, 6) is 0. The molecule has 3 nitrogen and oxygen atoms in total. The van der Waals surface area contributed by atoms with Crippen molar-refractivity contribution in [2.75, 3.05) is 0 Å². The van der Waals surface area contributed by atoms with Gasteiger partial charge in [0.2, 0.25) is 0 Å². The maximum atomic E-state index is 9.05. The third-order valence-corrected chi connectivity index (χ3v) is 2.63. The lowest BCUT2D eigenvalue weighted by Gasteiger charge is -2.06. The number of nitrogens with zero attached hydrogens (tertiary/aromatic N) is 1. The standard InChI is InChI=1S/C13H21NO2/c1-2-3-4-5-6-11-7-12(9-15)14-13(8-11)10-16/h7-8,15-16H,2-6,9-10H2,1H3. The van der Waals surface area contributed by atoms with Crippen LogP contribution >= 0.6 is 0 Å². The predicted molar refractivity (Wildman–Crippen MR) is 63.9 cm³/mol. The molecule has 16 heavy (non-hydrogen) atoms. The zero-order chi connectivity index (χ0) is 11.8. The van der Waals surface area contributed by atoms with Gasteiger partial charge in [-0.2, -0.15) is 0 Å². The molecule has 0 fully saturated rings. The third-order valence-electron chi connectivity index (χ3n) is 2.63. The van der Waals surface area contributed by atoms with Crippen molar-refractivity contribution < 1.29 is 10.2 Å². The van der Waals surface area contributed by atoms with E-state index in [9.17, 15) is 0 Å². The van der Waals surface area contributed by atoms with Gasteiger partial charge >= 0.3 is 0 Å². The first-order chi connectivity index (χ1) is 7.80. The van der Waals surface area contributed by atoms with Crippen molar-refractivity contribution >= 4 is 0 Å². The molecule has 90 valence electrons. The van der Waals surface area contributed by atoms with E-state index in [-0.39, 0.29) is 13.2 Å². The normalized spacial score (nSPS) is 10.7. The maximum absolute atomic E-state index is 9.05. The Morgan fingerprint density at radius 1 is 1.00 bits per heavy atom. The fourth-order valence-corrected chi connectivity index (χ4v) is 1.78. The van der Waals surface area contributed by atoms with Gasteiger partial charge in [0.25, 0.3) is 0 Å². The topological polar surface area (TPSA) is 53.4 Å². The average Bonchev–Trinajstić information content (AvgIpc) is 2.34. The Morgan fingerprint density at radius 3 is 2.12 bits per heavy atom. The number of aryl methyl sites for hydroxylation is 1. The Balaban J connectivity index is 2.57. The SMILES string of the molecule is CCCCCCc1cc(CO)nc(CO)c1. The molecule has 1 heterocycles. The van der Waals surface area contributed by atoms with Crippen molar-refractivity contribution in [2.45, 2.75) is 52.2 Å². The number of rotatable bonds is 7. The first-order valence-electron chi connectivity index (χ1n) is 6.00. The second-order valence-corrected chi connectivity index (χ2v) is 4.08. The summed E-state index contributed by atoms with van der Waals surface area (Å²) < 4.78 is 0. The molecule has 0 bridgehead atoms. The summed E-state index contributed by atoms with van der Waals surface area (Å²) in [6, 6.07) is 3.84. The fourth-order valence-electron chi connectivity index (χ4n) is 1.78.